The molecule has 4 rings (SSSR count). The molecular weight excluding hydrogens is 427 g/mol. The molecule has 2 aromatic carbocycles. The van der Waals surface area contributed by atoms with Gasteiger partial charge in [0, 0.05) is 18.2 Å². The largest absolute Gasteiger partial charge is 0.441 e. The van der Waals surface area contributed by atoms with Crippen molar-refractivity contribution in [3.8, 4) is 6.07 Å². The van der Waals surface area contributed by atoms with E-state index < -0.39 is 10.5 Å². The molecule has 1 atom stereocenters. The number of carbonyl (C=O) groups excluding carboxylic acids is 1. The summed E-state index contributed by atoms with van der Waals surface area (Å²) in [4.78, 5) is 25.5. The van der Waals surface area contributed by atoms with Gasteiger partial charge < -0.3 is 10.1 Å². The predicted molar refractivity (Wildman–Crippen MR) is 119 cm³/mol. The van der Waals surface area contributed by atoms with Crippen LogP contribution in [0.25, 0.3) is 0 Å². The molecule has 1 heterocycles. The highest BCUT2D eigenvalue weighted by molar-refractivity contribution is 5.72. The van der Waals surface area contributed by atoms with E-state index in [9.17, 15) is 19.3 Å². The van der Waals surface area contributed by atoms with E-state index in [0.717, 1.165) is 5.56 Å². The minimum absolute atomic E-state index is 0.00351. The Morgan fingerprint density at radius 2 is 1.85 bits per heavy atom. The van der Waals surface area contributed by atoms with Crippen LogP contribution in [-0.4, -0.2) is 33.6 Å². The Morgan fingerprint density at radius 1 is 1.18 bits per heavy atom. The third-order valence-electron chi connectivity index (χ3n) is 6.46. The maximum Gasteiger partial charge on any atom is 0.411 e. The number of cyclic esters (lactones) is 1. The molecule has 0 spiro atoms. The molecule has 2 fully saturated rings. The van der Waals surface area contributed by atoms with E-state index in [1.165, 1.54) is 18.2 Å². The first-order valence-electron chi connectivity index (χ1n) is 10.9. The number of hydrogen-bond donors (Lipinski definition) is 1. The van der Waals surface area contributed by atoms with Crippen LogP contribution in [0.2, 0.25) is 0 Å². The van der Waals surface area contributed by atoms with E-state index in [0.29, 0.717) is 31.4 Å². The summed E-state index contributed by atoms with van der Waals surface area (Å²) in [5.41, 5.74) is 0.553. The zero-order valence-corrected chi connectivity index (χ0v) is 18.5. The second kappa shape index (κ2) is 8.70. The number of nitrogens with zero attached hydrogens (tertiary/aromatic N) is 3. The van der Waals surface area contributed by atoms with Gasteiger partial charge in [0.25, 0.3) is 5.69 Å². The number of carbonyl (C=O) groups is 1. The Bertz CT molecular complexity index is 1100. The van der Waals surface area contributed by atoms with Gasteiger partial charge >= 0.3 is 6.09 Å². The lowest BCUT2D eigenvalue weighted by Crippen LogP contribution is -2.44. The lowest BCUT2D eigenvalue weighted by atomic mass is 9.86. The fourth-order valence-corrected chi connectivity index (χ4v) is 4.93. The van der Waals surface area contributed by atoms with Crippen LogP contribution in [0.1, 0.15) is 56.7 Å². The minimum Gasteiger partial charge on any atom is -0.441 e. The Balaban J connectivity index is 1.48. The van der Waals surface area contributed by atoms with E-state index in [1.807, 2.05) is 19.9 Å². The van der Waals surface area contributed by atoms with Crippen LogP contribution in [0.5, 0.6) is 0 Å². The molecule has 1 saturated heterocycles. The monoisotopic (exact) mass is 452 g/mol. The van der Waals surface area contributed by atoms with Crippen LogP contribution in [-0.2, 0) is 4.74 Å². The molecule has 2 aliphatic rings. The highest BCUT2D eigenvalue weighted by Gasteiger charge is 2.51. The van der Waals surface area contributed by atoms with Crippen molar-refractivity contribution in [3.05, 3.63) is 69.5 Å². The van der Waals surface area contributed by atoms with Crippen molar-refractivity contribution in [3.63, 3.8) is 0 Å². The Hall–Kier alpha value is -3.67. The number of anilines is 1. The highest BCUT2D eigenvalue weighted by atomic mass is 19.1. The van der Waals surface area contributed by atoms with Crippen molar-refractivity contribution in [2.75, 3.05) is 5.32 Å². The third kappa shape index (κ3) is 4.46. The number of nitro groups is 1. The van der Waals surface area contributed by atoms with Gasteiger partial charge in [-0.2, -0.15) is 5.26 Å². The number of nitriles is 1. The van der Waals surface area contributed by atoms with E-state index in [2.05, 4.69) is 5.32 Å². The van der Waals surface area contributed by atoms with Crippen molar-refractivity contribution in [1.29, 1.82) is 5.26 Å². The molecule has 9 heteroatoms. The molecule has 8 nitrogen and oxygen atoms in total. The Morgan fingerprint density at radius 3 is 2.45 bits per heavy atom. The standard InChI is InChI=1S/C24H25FN4O4/c1-24(2)22(16-4-6-17(25)7-5-16)28(23(30)33-24)19-10-8-18(9-11-19)27-20-12-3-15(14-26)13-21(20)29(31)32/h3-7,12-13,18-19,22,27H,8-11H2,1-2H3. The van der Waals surface area contributed by atoms with Crippen molar-refractivity contribution in [2.45, 2.75) is 63.3 Å². The molecule has 1 aliphatic carbocycles. The molecule has 0 radical (unpaired) electrons. The van der Waals surface area contributed by atoms with Crippen LogP contribution in [0, 0.1) is 27.3 Å². The normalized spacial score (nSPS) is 24.1. The summed E-state index contributed by atoms with van der Waals surface area (Å²) in [7, 11) is 0. The molecule has 172 valence electrons. The van der Waals surface area contributed by atoms with Gasteiger partial charge in [-0.25, -0.2) is 9.18 Å². The van der Waals surface area contributed by atoms with Gasteiger partial charge in [-0.3, -0.25) is 15.0 Å². The van der Waals surface area contributed by atoms with Gasteiger partial charge in [-0.1, -0.05) is 12.1 Å². The average molecular weight is 452 g/mol. The topological polar surface area (TPSA) is 108 Å². The second-order valence-corrected chi connectivity index (χ2v) is 9.08. The molecular formula is C24H25FN4O4. The third-order valence-corrected chi connectivity index (χ3v) is 6.46. The lowest BCUT2D eigenvalue weighted by Gasteiger charge is -2.38. The quantitative estimate of drug-likeness (QED) is 0.487. The molecule has 1 N–H and O–H groups in total. The SMILES string of the molecule is CC1(C)OC(=O)N(C2CCC(Nc3ccc(C#N)cc3[N+](=O)[O-])CC2)C1c1ccc(F)cc1. The molecule has 0 bridgehead atoms. The van der Waals surface area contributed by atoms with Crippen molar-refractivity contribution in [1.82, 2.24) is 4.90 Å². The van der Waals surface area contributed by atoms with E-state index in [4.69, 9.17) is 10.00 Å². The first kappa shape index (κ1) is 22.5. The summed E-state index contributed by atoms with van der Waals surface area (Å²) in [5.74, 6) is -0.336. The predicted octanol–water partition coefficient (Wildman–Crippen LogP) is 5.30. The van der Waals surface area contributed by atoms with Crippen molar-refractivity contribution >= 4 is 17.5 Å². The summed E-state index contributed by atoms with van der Waals surface area (Å²) >= 11 is 0. The number of nitro benzene ring substituents is 1. The zero-order valence-electron chi connectivity index (χ0n) is 18.5. The minimum atomic E-state index is -0.757. The van der Waals surface area contributed by atoms with Gasteiger partial charge in [0.05, 0.1) is 22.6 Å². The number of benzene rings is 2. The Labute approximate surface area is 191 Å². The second-order valence-electron chi connectivity index (χ2n) is 9.08. The van der Waals surface area contributed by atoms with Crippen LogP contribution < -0.4 is 5.32 Å². The molecule has 33 heavy (non-hydrogen) atoms. The number of ether oxygens (including phenoxy) is 1. The number of halogens is 1. The summed E-state index contributed by atoms with van der Waals surface area (Å²) < 4.78 is 19.1. The van der Waals surface area contributed by atoms with E-state index in [1.54, 1.807) is 29.2 Å². The van der Waals surface area contributed by atoms with E-state index >= 15 is 0 Å². The number of rotatable bonds is 5. The summed E-state index contributed by atoms with van der Waals surface area (Å²) in [6.45, 7) is 3.71. The molecule has 1 unspecified atom stereocenters. The fraction of sp³-hybridized carbons (Fsp3) is 0.417. The summed E-state index contributed by atoms with van der Waals surface area (Å²) in [6, 6.07) is 12.1. The number of amides is 1. The number of hydrogen-bond acceptors (Lipinski definition) is 6. The first-order valence-corrected chi connectivity index (χ1v) is 10.9. The smallest absolute Gasteiger partial charge is 0.411 e. The zero-order chi connectivity index (χ0) is 23.8. The number of nitrogens with one attached hydrogen (secondary N) is 1. The van der Waals surface area contributed by atoms with Gasteiger partial charge in [-0.15, -0.1) is 0 Å². The molecule has 1 amide bonds. The Kier molecular flexibility index (Phi) is 5.93. The average Bonchev–Trinajstić information content (AvgIpc) is 3.03. The first-order chi connectivity index (χ1) is 15.7. The summed E-state index contributed by atoms with van der Waals surface area (Å²) in [5, 5.41) is 23.7. The van der Waals surface area contributed by atoms with Crippen molar-refractivity contribution < 1.29 is 18.8 Å². The van der Waals surface area contributed by atoms with Gasteiger partial charge in [0.15, 0.2) is 0 Å². The van der Waals surface area contributed by atoms with Crippen LogP contribution in [0.4, 0.5) is 20.6 Å². The molecule has 1 saturated carbocycles. The molecule has 2 aromatic rings. The van der Waals surface area contributed by atoms with Gasteiger partial charge in [-0.05, 0) is 69.4 Å². The maximum absolute atomic E-state index is 13.5. The van der Waals surface area contributed by atoms with E-state index in [-0.39, 0.29) is 41.3 Å². The van der Waals surface area contributed by atoms with Crippen molar-refractivity contribution in [2.24, 2.45) is 0 Å². The van der Waals surface area contributed by atoms with Crippen LogP contribution in [0.3, 0.4) is 0 Å². The molecule has 1 aliphatic heterocycles. The highest BCUT2D eigenvalue weighted by Crippen LogP contribution is 2.44. The van der Waals surface area contributed by atoms with Gasteiger partial charge in [0.2, 0.25) is 0 Å². The van der Waals surface area contributed by atoms with Crippen LogP contribution >= 0.6 is 0 Å². The lowest BCUT2D eigenvalue weighted by molar-refractivity contribution is -0.384. The fourth-order valence-electron chi connectivity index (χ4n) is 4.93. The maximum atomic E-state index is 13.5. The summed E-state index contributed by atoms with van der Waals surface area (Å²) in [6.07, 6.45) is 2.44. The van der Waals surface area contributed by atoms with Gasteiger partial charge in [0.1, 0.15) is 17.1 Å². The molecule has 0 aromatic heterocycles. The van der Waals surface area contributed by atoms with Crippen LogP contribution in [0.15, 0.2) is 42.5 Å².